The van der Waals surface area contributed by atoms with Gasteiger partial charge in [0, 0.05) is 6.42 Å². The summed E-state index contributed by atoms with van der Waals surface area (Å²) in [5.74, 6) is -0.695. The minimum atomic E-state index is -0.695. The molecule has 0 aliphatic carbocycles. The van der Waals surface area contributed by atoms with Crippen LogP contribution in [0.25, 0.3) is 0 Å². The molecule has 1 N–H and O–H groups in total. The fourth-order valence-corrected chi connectivity index (χ4v) is 1.62. The predicted octanol–water partition coefficient (Wildman–Crippen LogP) is 0.328. The van der Waals surface area contributed by atoms with Gasteiger partial charge in [-0.15, -0.1) is 0 Å². The number of likely N-dealkylation sites (N-methyl/N-ethyl adjacent to an activating group) is 1. The van der Waals surface area contributed by atoms with Crippen LogP contribution >= 0.6 is 0 Å². The molecular weight excluding hydrogens is 170 g/mol. The highest BCUT2D eigenvalue weighted by atomic mass is 16.5. The molecule has 0 amide bonds. The Hall–Kier alpha value is -0.610. The Morgan fingerprint density at radius 3 is 2.62 bits per heavy atom. The average molecular weight is 188 g/mol. The maximum absolute atomic E-state index is 10.3. The summed E-state index contributed by atoms with van der Waals surface area (Å²) in [4.78, 5) is 10.3. The molecule has 13 heavy (non-hydrogen) atoms. The first kappa shape index (κ1) is 10.5. The van der Waals surface area contributed by atoms with Gasteiger partial charge in [-0.05, 0) is 0 Å². The summed E-state index contributed by atoms with van der Waals surface area (Å²) in [5.41, 5.74) is 0. The number of carboxylic acids is 1. The van der Waals surface area contributed by atoms with Crippen molar-refractivity contribution in [1.29, 1.82) is 0 Å². The Kier molecular flexibility index (Phi) is 3.69. The van der Waals surface area contributed by atoms with Gasteiger partial charge in [0.05, 0.1) is 33.2 Å². The van der Waals surface area contributed by atoms with E-state index < -0.39 is 5.97 Å². The van der Waals surface area contributed by atoms with Gasteiger partial charge >= 0.3 is 5.97 Å². The fraction of sp³-hybridized carbons (Fsp3) is 0.889. The first-order chi connectivity index (χ1) is 6.12. The molecule has 0 radical (unpaired) electrons. The predicted molar refractivity (Wildman–Crippen MR) is 48.5 cm³/mol. The second-order valence-corrected chi connectivity index (χ2v) is 3.90. The highest BCUT2D eigenvalue weighted by Gasteiger charge is 2.24. The lowest BCUT2D eigenvalue weighted by Crippen LogP contribution is -2.52. The van der Waals surface area contributed by atoms with Gasteiger partial charge in [0.25, 0.3) is 0 Å². The first-order valence-corrected chi connectivity index (χ1v) is 4.75. The van der Waals surface area contributed by atoms with Crippen LogP contribution in [0.2, 0.25) is 0 Å². The van der Waals surface area contributed by atoms with Crippen molar-refractivity contribution in [2.24, 2.45) is 0 Å². The number of hydrogen-bond acceptors (Lipinski definition) is 2. The van der Waals surface area contributed by atoms with Gasteiger partial charge in [-0.1, -0.05) is 0 Å². The largest absolute Gasteiger partial charge is 0.481 e. The number of nitrogens with zero attached hydrogens (tertiary/aromatic N) is 1. The van der Waals surface area contributed by atoms with E-state index in [1.165, 1.54) is 0 Å². The van der Waals surface area contributed by atoms with Crippen LogP contribution in [-0.4, -0.2) is 55.5 Å². The maximum atomic E-state index is 10.3. The Bertz CT molecular complexity index is 176. The molecule has 1 rings (SSSR count). The van der Waals surface area contributed by atoms with Crippen molar-refractivity contribution in [2.45, 2.75) is 12.8 Å². The number of rotatable bonds is 4. The van der Waals surface area contributed by atoms with Gasteiger partial charge in [0.2, 0.25) is 0 Å². The summed E-state index contributed by atoms with van der Waals surface area (Å²) < 4.78 is 6.23. The molecule has 0 saturated carbocycles. The molecule has 1 saturated heterocycles. The Morgan fingerprint density at radius 1 is 1.46 bits per heavy atom. The minimum Gasteiger partial charge on any atom is -0.481 e. The number of hydrogen-bond donors (Lipinski definition) is 1. The fourth-order valence-electron chi connectivity index (χ4n) is 1.62. The van der Waals surface area contributed by atoms with Gasteiger partial charge in [-0.3, -0.25) is 4.79 Å². The van der Waals surface area contributed by atoms with E-state index in [2.05, 4.69) is 7.05 Å². The third kappa shape index (κ3) is 3.74. The molecule has 1 aliphatic rings. The van der Waals surface area contributed by atoms with E-state index in [1.807, 2.05) is 0 Å². The molecule has 4 nitrogen and oxygen atoms in total. The maximum Gasteiger partial charge on any atom is 0.303 e. The lowest BCUT2D eigenvalue weighted by molar-refractivity contribution is -0.917. The molecule has 0 aromatic heterocycles. The van der Waals surface area contributed by atoms with E-state index in [-0.39, 0.29) is 6.42 Å². The van der Waals surface area contributed by atoms with Gasteiger partial charge in [-0.25, -0.2) is 0 Å². The van der Waals surface area contributed by atoms with E-state index in [9.17, 15) is 4.79 Å². The normalized spacial score (nSPS) is 21.3. The van der Waals surface area contributed by atoms with Crippen LogP contribution in [0.5, 0.6) is 0 Å². The van der Waals surface area contributed by atoms with Crippen molar-refractivity contribution in [3.63, 3.8) is 0 Å². The zero-order chi connectivity index (χ0) is 9.73. The second-order valence-electron chi connectivity index (χ2n) is 3.90. The minimum absolute atomic E-state index is 0.286. The quantitative estimate of drug-likeness (QED) is 0.647. The molecule has 0 aromatic carbocycles. The molecule has 0 aromatic rings. The lowest BCUT2D eigenvalue weighted by atomic mass is 10.2. The Balaban J connectivity index is 2.21. The van der Waals surface area contributed by atoms with Crippen LogP contribution in [0.1, 0.15) is 12.8 Å². The molecule has 1 fully saturated rings. The molecule has 0 unspecified atom stereocenters. The summed E-state index contributed by atoms with van der Waals surface area (Å²) in [5, 5.41) is 8.50. The van der Waals surface area contributed by atoms with Crippen molar-refractivity contribution < 1.29 is 19.1 Å². The number of morpholine rings is 1. The van der Waals surface area contributed by atoms with E-state index in [0.29, 0.717) is 0 Å². The highest BCUT2D eigenvalue weighted by Crippen LogP contribution is 2.09. The number of carbonyl (C=O) groups is 1. The van der Waals surface area contributed by atoms with Gasteiger partial charge in [-0.2, -0.15) is 0 Å². The average Bonchev–Trinajstić information content (AvgIpc) is 2.04. The number of ether oxygens (including phenoxy) is 1. The zero-order valence-electron chi connectivity index (χ0n) is 8.16. The van der Waals surface area contributed by atoms with Crippen LogP contribution in [0.4, 0.5) is 0 Å². The summed E-state index contributed by atoms with van der Waals surface area (Å²) >= 11 is 0. The number of carboxylic acid groups (broad SMARTS) is 1. The molecule has 0 bridgehead atoms. The molecular formula is C9H18NO3+. The van der Waals surface area contributed by atoms with Crippen LogP contribution in [0.3, 0.4) is 0 Å². The van der Waals surface area contributed by atoms with Crippen LogP contribution in [-0.2, 0) is 9.53 Å². The van der Waals surface area contributed by atoms with E-state index in [1.54, 1.807) is 0 Å². The third-order valence-electron chi connectivity index (χ3n) is 2.64. The van der Waals surface area contributed by atoms with E-state index >= 15 is 0 Å². The van der Waals surface area contributed by atoms with Gasteiger partial charge < -0.3 is 14.3 Å². The van der Waals surface area contributed by atoms with E-state index in [0.717, 1.165) is 43.8 Å². The van der Waals surface area contributed by atoms with Crippen LogP contribution < -0.4 is 0 Å². The SMILES string of the molecule is C[N+]1(CCCC(=O)O)CCOCC1. The summed E-state index contributed by atoms with van der Waals surface area (Å²) in [6, 6.07) is 0. The molecule has 0 atom stereocenters. The van der Waals surface area contributed by atoms with Crippen molar-refractivity contribution in [2.75, 3.05) is 39.9 Å². The molecule has 4 heteroatoms. The van der Waals surface area contributed by atoms with Crippen molar-refractivity contribution in [3.8, 4) is 0 Å². The number of quaternary nitrogens is 1. The Labute approximate surface area is 78.7 Å². The smallest absolute Gasteiger partial charge is 0.303 e. The Morgan fingerprint density at radius 2 is 2.08 bits per heavy atom. The second kappa shape index (κ2) is 4.58. The van der Waals surface area contributed by atoms with Crippen molar-refractivity contribution in [1.82, 2.24) is 0 Å². The standard InChI is InChI=1S/C9H17NO3/c1-10(4-2-3-9(11)12)5-7-13-8-6-10/h2-8H2,1H3/p+1. The lowest BCUT2D eigenvalue weighted by Gasteiger charge is -2.37. The van der Waals surface area contributed by atoms with Crippen LogP contribution in [0.15, 0.2) is 0 Å². The molecule has 0 spiro atoms. The summed E-state index contributed by atoms with van der Waals surface area (Å²) in [6.45, 7) is 4.60. The monoisotopic (exact) mass is 188 g/mol. The van der Waals surface area contributed by atoms with Gasteiger partial charge in [0.1, 0.15) is 13.1 Å². The van der Waals surface area contributed by atoms with Crippen molar-refractivity contribution in [3.05, 3.63) is 0 Å². The first-order valence-electron chi connectivity index (χ1n) is 4.75. The topological polar surface area (TPSA) is 46.5 Å². The van der Waals surface area contributed by atoms with Crippen molar-refractivity contribution >= 4 is 5.97 Å². The zero-order valence-corrected chi connectivity index (χ0v) is 8.16. The van der Waals surface area contributed by atoms with Gasteiger partial charge in [0.15, 0.2) is 0 Å². The summed E-state index contributed by atoms with van der Waals surface area (Å²) in [6.07, 6.45) is 1.06. The summed E-state index contributed by atoms with van der Waals surface area (Å²) in [7, 11) is 2.17. The highest BCUT2D eigenvalue weighted by molar-refractivity contribution is 5.66. The third-order valence-corrected chi connectivity index (χ3v) is 2.64. The molecule has 1 heterocycles. The van der Waals surface area contributed by atoms with Crippen LogP contribution in [0, 0.1) is 0 Å². The molecule has 76 valence electrons. The van der Waals surface area contributed by atoms with E-state index in [4.69, 9.17) is 9.84 Å². The number of aliphatic carboxylic acids is 1. The molecule has 1 aliphatic heterocycles.